The number of aromatic nitrogens is 1. The van der Waals surface area contributed by atoms with Gasteiger partial charge in [-0.05, 0) is 37.0 Å². The number of carbonyl (C=O) groups is 1. The highest BCUT2D eigenvalue weighted by Gasteiger charge is 2.17. The van der Waals surface area contributed by atoms with E-state index in [1.54, 1.807) is 12.4 Å². The van der Waals surface area contributed by atoms with Crippen molar-refractivity contribution in [1.29, 1.82) is 0 Å². The van der Waals surface area contributed by atoms with Crippen LogP contribution in [0.5, 0.6) is 0 Å². The van der Waals surface area contributed by atoms with Crippen LogP contribution in [-0.4, -0.2) is 28.8 Å². The highest BCUT2D eigenvalue weighted by molar-refractivity contribution is 5.74. The summed E-state index contributed by atoms with van der Waals surface area (Å²) in [5, 5.41) is 14.8. The molecular weight excluding hydrogens is 242 g/mol. The van der Waals surface area contributed by atoms with E-state index in [9.17, 15) is 4.79 Å². The van der Waals surface area contributed by atoms with Gasteiger partial charge >= 0.3 is 6.03 Å². The van der Waals surface area contributed by atoms with E-state index in [1.807, 2.05) is 32.9 Å². The molecule has 0 spiro atoms. The molecule has 0 fully saturated rings. The molecule has 1 rings (SSSR count). The molecule has 0 saturated carbocycles. The molecule has 2 amide bonds. The van der Waals surface area contributed by atoms with Crippen LogP contribution < -0.4 is 10.6 Å². The lowest BCUT2D eigenvalue weighted by molar-refractivity contribution is 0.216. The van der Waals surface area contributed by atoms with E-state index in [0.717, 1.165) is 5.56 Å². The van der Waals surface area contributed by atoms with Gasteiger partial charge in [-0.15, -0.1) is 0 Å². The van der Waals surface area contributed by atoms with Gasteiger partial charge in [-0.1, -0.05) is 13.8 Å². The number of amides is 2. The molecule has 19 heavy (non-hydrogen) atoms. The van der Waals surface area contributed by atoms with Crippen LogP contribution in [0.3, 0.4) is 0 Å². The van der Waals surface area contributed by atoms with E-state index in [-0.39, 0.29) is 30.6 Å². The maximum Gasteiger partial charge on any atom is 0.315 e. The van der Waals surface area contributed by atoms with Gasteiger partial charge in [0, 0.05) is 25.0 Å². The fourth-order valence-electron chi connectivity index (χ4n) is 1.85. The summed E-state index contributed by atoms with van der Waals surface area (Å²) in [6.07, 6.45) is 3.97. The Morgan fingerprint density at radius 1 is 1.26 bits per heavy atom. The summed E-state index contributed by atoms with van der Waals surface area (Å²) >= 11 is 0. The van der Waals surface area contributed by atoms with E-state index < -0.39 is 0 Å². The summed E-state index contributed by atoms with van der Waals surface area (Å²) in [6, 6.07) is 3.44. The van der Waals surface area contributed by atoms with E-state index >= 15 is 0 Å². The molecule has 5 heteroatoms. The smallest absolute Gasteiger partial charge is 0.315 e. The molecule has 5 nitrogen and oxygen atoms in total. The maximum atomic E-state index is 11.9. The lowest BCUT2D eigenvalue weighted by Crippen LogP contribution is -2.45. The van der Waals surface area contributed by atoms with Crippen molar-refractivity contribution in [2.75, 3.05) is 6.61 Å². The molecule has 0 bridgehead atoms. The monoisotopic (exact) mass is 265 g/mol. The van der Waals surface area contributed by atoms with Crippen molar-refractivity contribution < 1.29 is 9.90 Å². The van der Waals surface area contributed by atoms with Crippen molar-refractivity contribution in [1.82, 2.24) is 15.6 Å². The summed E-state index contributed by atoms with van der Waals surface area (Å²) < 4.78 is 0. The van der Waals surface area contributed by atoms with E-state index in [0.29, 0.717) is 6.42 Å². The van der Waals surface area contributed by atoms with Crippen LogP contribution in [0.1, 0.15) is 38.8 Å². The zero-order chi connectivity index (χ0) is 14.3. The number of aliphatic hydroxyl groups excluding tert-OH is 1. The summed E-state index contributed by atoms with van der Waals surface area (Å²) in [7, 11) is 0. The average molecular weight is 265 g/mol. The van der Waals surface area contributed by atoms with Gasteiger partial charge in [0.05, 0.1) is 6.04 Å². The van der Waals surface area contributed by atoms with Crippen LogP contribution in [0, 0.1) is 5.92 Å². The van der Waals surface area contributed by atoms with Gasteiger partial charge in [0.15, 0.2) is 0 Å². The molecule has 0 aliphatic rings. The molecule has 2 atom stereocenters. The minimum Gasteiger partial charge on any atom is -0.396 e. The summed E-state index contributed by atoms with van der Waals surface area (Å²) in [6.45, 7) is 6.04. The first-order valence-electron chi connectivity index (χ1n) is 6.62. The number of nitrogens with zero attached hydrogens (tertiary/aromatic N) is 1. The Kier molecular flexibility index (Phi) is 6.29. The predicted octanol–water partition coefficient (Wildman–Crippen LogP) is 1.85. The van der Waals surface area contributed by atoms with Gasteiger partial charge in [0.1, 0.15) is 0 Å². The molecule has 1 aromatic rings. The third-order valence-corrected chi connectivity index (χ3v) is 3.12. The van der Waals surface area contributed by atoms with Crippen LogP contribution in [0.2, 0.25) is 0 Å². The molecule has 106 valence electrons. The molecule has 0 aromatic carbocycles. The average Bonchev–Trinajstić information content (AvgIpc) is 2.39. The number of aliphatic hydroxyl groups is 1. The highest BCUT2D eigenvalue weighted by atomic mass is 16.3. The van der Waals surface area contributed by atoms with Crippen molar-refractivity contribution in [3.05, 3.63) is 30.1 Å². The largest absolute Gasteiger partial charge is 0.396 e. The number of carbonyl (C=O) groups excluding carboxylic acids is 1. The predicted molar refractivity (Wildman–Crippen MR) is 74.6 cm³/mol. The van der Waals surface area contributed by atoms with E-state index in [1.165, 1.54) is 0 Å². The maximum absolute atomic E-state index is 11.9. The lowest BCUT2D eigenvalue weighted by Gasteiger charge is -2.23. The topological polar surface area (TPSA) is 74.2 Å². The molecule has 3 N–H and O–H groups in total. The van der Waals surface area contributed by atoms with Crippen molar-refractivity contribution in [2.24, 2.45) is 5.92 Å². The summed E-state index contributed by atoms with van der Waals surface area (Å²) in [5.74, 6) is 0.286. The molecule has 0 radical (unpaired) electrons. The third-order valence-electron chi connectivity index (χ3n) is 3.12. The molecular formula is C14H23N3O2. The minimum absolute atomic E-state index is 0.0189. The summed E-state index contributed by atoms with van der Waals surface area (Å²) in [5.41, 5.74) is 1.01. The van der Waals surface area contributed by atoms with E-state index in [2.05, 4.69) is 15.6 Å². The number of rotatable bonds is 6. The second kappa shape index (κ2) is 7.74. The van der Waals surface area contributed by atoms with Crippen molar-refractivity contribution >= 4 is 6.03 Å². The quantitative estimate of drug-likeness (QED) is 0.735. The van der Waals surface area contributed by atoms with Crippen LogP contribution in [-0.2, 0) is 0 Å². The first-order chi connectivity index (χ1) is 9.04. The first kappa shape index (κ1) is 15.4. The number of urea groups is 1. The molecule has 1 aromatic heterocycles. The SMILES string of the molecule is CC(NC(=O)NC(CCO)C(C)C)c1ccncc1. The molecule has 0 aliphatic carbocycles. The summed E-state index contributed by atoms with van der Waals surface area (Å²) in [4.78, 5) is 15.8. The van der Waals surface area contributed by atoms with Crippen LogP contribution in [0.25, 0.3) is 0 Å². The van der Waals surface area contributed by atoms with Crippen LogP contribution in [0.4, 0.5) is 4.79 Å². The van der Waals surface area contributed by atoms with Gasteiger partial charge in [0.25, 0.3) is 0 Å². The zero-order valence-electron chi connectivity index (χ0n) is 11.8. The molecule has 0 saturated heterocycles. The lowest BCUT2D eigenvalue weighted by atomic mass is 10.0. The fourth-order valence-corrected chi connectivity index (χ4v) is 1.85. The second-order valence-electron chi connectivity index (χ2n) is 4.98. The van der Waals surface area contributed by atoms with Gasteiger partial charge in [-0.3, -0.25) is 4.98 Å². The number of hydrogen-bond donors (Lipinski definition) is 3. The highest BCUT2D eigenvalue weighted by Crippen LogP contribution is 2.10. The Morgan fingerprint density at radius 3 is 2.42 bits per heavy atom. The van der Waals surface area contributed by atoms with Crippen LogP contribution >= 0.6 is 0 Å². The standard InChI is InChI=1S/C14H23N3O2/c1-10(2)13(6-9-18)17-14(19)16-11(3)12-4-7-15-8-5-12/h4-5,7-8,10-11,13,18H,6,9H2,1-3H3,(H2,16,17,19). The molecule has 0 aliphatic heterocycles. The van der Waals surface area contributed by atoms with Crippen molar-refractivity contribution in [3.8, 4) is 0 Å². The number of nitrogens with one attached hydrogen (secondary N) is 2. The Bertz CT molecular complexity index is 382. The Labute approximate surface area is 114 Å². The molecule has 1 heterocycles. The van der Waals surface area contributed by atoms with E-state index in [4.69, 9.17) is 5.11 Å². The minimum atomic E-state index is -0.212. The zero-order valence-corrected chi connectivity index (χ0v) is 11.8. The van der Waals surface area contributed by atoms with Crippen molar-refractivity contribution in [2.45, 2.75) is 39.3 Å². The Hall–Kier alpha value is -1.62. The number of hydrogen-bond acceptors (Lipinski definition) is 3. The Balaban J connectivity index is 2.50. The number of pyridine rings is 1. The third kappa shape index (κ3) is 5.26. The second-order valence-corrected chi connectivity index (χ2v) is 4.98. The van der Waals surface area contributed by atoms with Crippen LogP contribution in [0.15, 0.2) is 24.5 Å². The van der Waals surface area contributed by atoms with Gasteiger partial charge < -0.3 is 15.7 Å². The fraction of sp³-hybridized carbons (Fsp3) is 0.571. The van der Waals surface area contributed by atoms with Gasteiger partial charge in [0.2, 0.25) is 0 Å². The Morgan fingerprint density at radius 2 is 1.89 bits per heavy atom. The van der Waals surface area contributed by atoms with Gasteiger partial charge in [-0.2, -0.15) is 0 Å². The first-order valence-corrected chi connectivity index (χ1v) is 6.62. The molecule has 2 unspecified atom stereocenters. The normalized spacial score (nSPS) is 13.9. The van der Waals surface area contributed by atoms with Crippen molar-refractivity contribution in [3.63, 3.8) is 0 Å². The van der Waals surface area contributed by atoms with Gasteiger partial charge in [-0.25, -0.2) is 4.79 Å².